The van der Waals surface area contributed by atoms with E-state index in [1.54, 1.807) is 18.7 Å². The van der Waals surface area contributed by atoms with Crippen molar-refractivity contribution in [3.8, 4) is 11.4 Å². The molecule has 0 aliphatic rings. The van der Waals surface area contributed by atoms with Gasteiger partial charge in [0.25, 0.3) is 0 Å². The summed E-state index contributed by atoms with van der Waals surface area (Å²) in [5.74, 6) is 0. The first-order valence-electron chi connectivity index (χ1n) is 13.4. The van der Waals surface area contributed by atoms with Crippen molar-refractivity contribution in [2.75, 3.05) is 12.3 Å². The quantitative estimate of drug-likeness (QED) is 0.155. The fraction of sp³-hybridized carbons (Fsp3) is 0.0882. The van der Waals surface area contributed by atoms with E-state index in [2.05, 4.69) is 142 Å². The molecule has 0 fully saturated rings. The zero-order valence-electron chi connectivity index (χ0n) is 22.9. The van der Waals surface area contributed by atoms with Gasteiger partial charge in [-0.25, -0.2) is 0 Å². The molecular formula is C34H33IrN4P2+. The molecule has 0 aliphatic carbocycles. The molecule has 7 heteroatoms. The second-order valence-electron chi connectivity index (χ2n) is 9.36. The van der Waals surface area contributed by atoms with Crippen LogP contribution in [0.15, 0.2) is 146 Å². The normalized spacial score (nSPS) is 10.5. The topological polar surface area (TPSA) is 43.6 Å². The van der Waals surface area contributed by atoms with Crippen LogP contribution in [0.2, 0.25) is 0 Å². The summed E-state index contributed by atoms with van der Waals surface area (Å²) in [5.41, 5.74) is 1.48. The Morgan fingerprint density at radius 2 is 1.00 bits per heavy atom. The maximum Gasteiger partial charge on any atom is 0.101 e. The van der Waals surface area contributed by atoms with Crippen molar-refractivity contribution in [1.29, 1.82) is 0 Å². The first kappa shape index (κ1) is 30.6. The van der Waals surface area contributed by atoms with Crippen LogP contribution in [0.1, 0.15) is 0 Å². The van der Waals surface area contributed by atoms with Crippen LogP contribution in [0.25, 0.3) is 11.4 Å². The number of aryl methyl sites for hydroxylation is 1. The van der Waals surface area contributed by atoms with Crippen molar-refractivity contribution < 1.29 is 20.1 Å². The molecule has 2 aromatic heterocycles. The molecule has 0 saturated heterocycles. The molecule has 4 aromatic carbocycles. The van der Waals surface area contributed by atoms with Crippen molar-refractivity contribution in [3.63, 3.8) is 0 Å². The molecule has 4 nitrogen and oxygen atoms in total. The molecule has 6 rings (SSSR count). The van der Waals surface area contributed by atoms with Gasteiger partial charge in [0.1, 0.15) is 12.3 Å². The first-order valence-corrected chi connectivity index (χ1v) is 16.8. The molecule has 0 amide bonds. The van der Waals surface area contributed by atoms with E-state index in [0.29, 0.717) is 5.69 Å². The minimum Gasteiger partial charge on any atom is -0.389 e. The molecular weight excluding hydrogens is 719 g/mol. The molecule has 1 radical (unpaired) electrons. The zero-order chi connectivity index (χ0) is 27.4. The number of hydrogen-bond acceptors (Lipinski definition) is 3. The number of aromatic nitrogens is 4. The fourth-order valence-corrected chi connectivity index (χ4v) is 10.8. The van der Waals surface area contributed by atoms with Crippen LogP contribution in [0, 0.1) is 6.20 Å². The SMILES string of the molecule is Cn1cnc(-c2[c-]nccn2)c1.[Ir].c1ccc([PH+](CC[PH+](c2ccccc2)c2ccccc2)c2ccccc2)cc1. The molecule has 2 heterocycles. The van der Waals surface area contributed by atoms with E-state index in [1.165, 1.54) is 33.5 Å². The monoisotopic (exact) mass is 752 g/mol. The summed E-state index contributed by atoms with van der Waals surface area (Å²) in [5, 5.41) is 6.06. The molecule has 207 valence electrons. The van der Waals surface area contributed by atoms with Crippen molar-refractivity contribution in [2.45, 2.75) is 0 Å². The van der Waals surface area contributed by atoms with Gasteiger partial charge in [-0.3, -0.25) is 9.97 Å². The van der Waals surface area contributed by atoms with Crippen LogP contribution in [0.3, 0.4) is 0 Å². The van der Waals surface area contributed by atoms with Crippen LogP contribution in [0.4, 0.5) is 0 Å². The summed E-state index contributed by atoms with van der Waals surface area (Å²) in [6.07, 6.45) is 12.1. The standard InChI is InChI=1S/C26H24P2.C8H7N4.Ir/c1-5-13-23(14-6-1)27(24-15-7-2-8-16-24)21-22-28(25-17-9-3-10-18-25)26-19-11-4-12-20-26;1-12-5-8(11-6-12)7-4-9-2-3-10-7;/h1-20H,21-22H2;2-3,5-6H,1H3;/q;-1;/p+2. The van der Waals surface area contributed by atoms with E-state index in [-0.39, 0.29) is 20.1 Å². The predicted molar refractivity (Wildman–Crippen MR) is 174 cm³/mol. The Balaban J connectivity index is 0.000000249. The van der Waals surface area contributed by atoms with Crippen molar-refractivity contribution >= 4 is 37.1 Å². The maximum atomic E-state index is 4.12. The minimum atomic E-state index is -0.783. The van der Waals surface area contributed by atoms with Gasteiger partial charge in [-0.2, -0.15) is 0 Å². The smallest absolute Gasteiger partial charge is 0.101 e. The fourth-order valence-electron chi connectivity index (χ4n) is 4.65. The Labute approximate surface area is 258 Å². The largest absolute Gasteiger partial charge is 0.389 e. The van der Waals surface area contributed by atoms with Crippen molar-refractivity contribution in [3.05, 3.63) is 152 Å². The van der Waals surface area contributed by atoms with Crippen LogP contribution in [-0.4, -0.2) is 31.8 Å². The molecule has 0 spiro atoms. The molecule has 6 aromatic rings. The van der Waals surface area contributed by atoms with Gasteiger partial charge in [0, 0.05) is 32.8 Å². The van der Waals surface area contributed by atoms with E-state index >= 15 is 0 Å². The van der Waals surface area contributed by atoms with Crippen LogP contribution < -0.4 is 21.2 Å². The maximum absolute atomic E-state index is 4.12. The third-order valence-corrected chi connectivity index (χ3v) is 12.7. The number of benzene rings is 4. The molecule has 41 heavy (non-hydrogen) atoms. The van der Waals surface area contributed by atoms with Gasteiger partial charge in [-0.1, -0.05) is 85.2 Å². The number of rotatable bonds is 8. The second kappa shape index (κ2) is 16.2. The molecule has 0 atom stereocenters. The summed E-state index contributed by atoms with van der Waals surface area (Å²) in [4.78, 5) is 12.0. The minimum absolute atomic E-state index is 0. The molecule has 0 unspecified atom stereocenters. The number of imidazole rings is 1. The molecule has 0 bridgehead atoms. The Morgan fingerprint density at radius 1 is 0.585 bits per heavy atom. The predicted octanol–water partition coefficient (Wildman–Crippen LogP) is 5.39. The molecule has 0 saturated carbocycles. The van der Waals surface area contributed by atoms with Gasteiger partial charge in [-0.05, 0) is 66.6 Å². The van der Waals surface area contributed by atoms with Crippen LogP contribution >= 0.6 is 15.8 Å². The Bertz CT molecular complexity index is 1390. The number of nitrogens with zero attached hydrogens (tertiary/aromatic N) is 4. The molecule has 0 N–H and O–H groups in total. The third kappa shape index (κ3) is 8.83. The Morgan fingerprint density at radius 3 is 1.32 bits per heavy atom. The van der Waals surface area contributed by atoms with E-state index < -0.39 is 15.8 Å². The summed E-state index contributed by atoms with van der Waals surface area (Å²) >= 11 is 0. The van der Waals surface area contributed by atoms with Gasteiger partial charge in [-0.15, -0.1) is 0 Å². The number of hydrogen-bond donors (Lipinski definition) is 0. The summed E-state index contributed by atoms with van der Waals surface area (Å²) < 4.78 is 1.86. The Hall–Kier alpha value is -3.32. The van der Waals surface area contributed by atoms with E-state index in [1.807, 2.05) is 17.8 Å². The van der Waals surface area contributed by atoms with Gasteiger partial charge in [0.15, 0.2) is 0 Å². The van der Waals surface area contributed by atoms with Crippen LogP contribution in [0.5, 0.6) is 0 Å². The average molecular weight is 752 g/mol. The third-order valence-electron chi connectivity index (χ3n) is 6.58. The second-order valence-corrected chi connectivity index (χ2v) is 14.6. The van der Waals surface area contributed by atoms with E-state index in [0.717, 1.165) is 5.69 Å². The average Bonchev–Trinajstić information content (AvgIpc) is 3.48. The van der Waals surface area contributed by atoms with Crippen LogP contribution in [-0.2, 0) is 27.2 Å². The van der Waals surface area contributed by atoms with E-state index in [4.69, 9.17) is 0 Å². The van der Waals surface area contributed by atoms with Crippen molar-refractivity contribution in [2.24, 2.45) is 7.05 Å². The van der Waals surface area contributed by atoms with Gasteiger partial charge in [0.05, 0.1) is 43.4 Å². The molecule has 0 aliphatic heterocycles. The Kier molecular flexibility index (Phi) is 12.1. The summed E-state index contributed by atoms with van der Waals surface area (Å²) in [6, 6.07) is 44.5. The van der Waals surface area contributed by atoms with Gasteiger partial charge >= 0.3 is 0 Å². The summed E-state index contributed by atoms with van der Waals surface area (Å²) in [6.45, 7) is 0. The van der Waals surface area contributed by atoms with Crippen molar-refractivity contribution in [1.82, 2.24) is 19.5 Å². The first-order chi connectivity index (χ1) is 19.8. The van der Waals surface area contributed by atoms with Gasteiger partial charge in [0.2, 0.25) is 0 Å². The zero-order valence-corrected chi connectivity index (χ0v) is 27.3. The van der Waals surface area contributed by atoms with Gasteiger partial charge < -0.3 is 9.55 Å². The van der Waals surface area contributed by atoms with E-state index in [9.17, 15) is 0 Å². The summed E-state index contributed by atoms with van der Waals surface area (Å²) in [7, 11) is 0.343.